The lowest BCUT2D eigenvalue weighted by molar-refractivity contribution is -0.123. The number of amides is 1. The second-order valence-corrected chi connectivity index (χ2v) is 3.29. The third-order valence-corrected chi connectivity index (χ3v) is 1.97. The molecule has 0 bridgehead atoms. The molecule has 1 saturated heterocycles. The number of carbonyl (C=O) groups excluding carboxylic acids is 1. The summed E-state index contributed by atoms with van der Waals surface area (Å²) in [5, 5.41) is 6.01. The van der Waals surface area contributed by atoms with Crippen LogP contribution in [-0.4, -0.2) is 38.3 Å². The first kappa shape index (κ1) is 10.5. The van der Waals surface area contributed by atoms with Crippen LogP contribution < -0.4 is 10.6 Å². The maximum Gasteiger partial charge on any atom is 0.222 e. The average molecular weight is 186 g/mol. The Labute approximate surface area is 79.0 Å². The Bertz CT molecular complexity index is 158. The third kappa shape index (κ3) is 4.24. The second kappa shape index (κ2) is 5.94. The Morgan fingerprint density at radius 2 is 2.31 bits per heavy atom. The lowest BCUT2D eigenvalue weighted by Gasteiger charge is -2.27. The van der Waals surface area contributed by atoms with E-state index in [2.05, 4.69) is 17.6 Å². The number of hydrogen-bond donors (Lipinski definition) is 2. The Morgan fingerprint density at radius 1 is 1.54 bits per heavy atom. The minimum Gasteiger partial charge on any atom is -0.381 e. The van der Waals surface area contributed by atoms with Gasteiger partial charge in [-0.2, -0.15) is 0 Å². The highest BCUT2D eigenvalue weighted by Gasteiger charge is 2.17. The summed E-state index contributed by atoms with van der Waals surface area (Å²) in [6.07, 6.45) is 1.49. The SMILES string of the molecule is CCCOCCC(=O)NC1CNC1. The maximum absolute atomic E-state index is 11.2. The van der Waals surface area contributed by atoms with E-state index in [-0.39, 0.29) is 5.91 Å². The standard InChI is InChI=1S/C9H18N2O2/c1-2-4-13-5-3-9(12)11-8-6-10-7-8/h8,10H,2-7H2,1H3,(H,11,12). The van der Waals surface area contributed by atoms with Crippen LogP contribution in [0.3, 0.4) is 0 Å². The zero-order valence-corrected chi connectivity index (χ0v) is 8.14. The molecule has 1 aliphatic heterocycles. The lowest BCUT2D eigenvalue weighted by Crippen LogP contribution is -2.57. The van der Waals surface area contributed by atoms with Crippen molar-refractivity contribution in [2.24, 2.45) is 0 Å². The Morgan fingerprint density at radius 3 is 2.85 bits per heavy atom. The van der Waals surface area contributed by atoms with Gasteiger partial charge in [0, 0.05) is 26.1 Å². The Hall–Kier alpha value is -0.610. The third-order valence-electron chi connectivity index (χ3n) is 1.97. The van der Waals surface area contributed by atoms with Crippen molar-refractivity contribution in [3.8, 4) is 0 Å². The van der Waals surface area contributed by atoms with Gasteiger partial charge in [-0.25, -0.2) is 0 Å². The first-order valence-electron chi connectivity index (χ1n) is 4.90. The molecule has 1 rings (SSSR count). The molecular formula is C9H18N2O2. The quantitative estimate of drug-likeness (QED) is 0.569. The summed E-state index contributed by atoms with van der Waals surface area (Å²) in [6, 6.07) is 0.346. The van der Waals surface area contributed by atoms with Crippen molar-refractivity contribution < 1.29 is 9.53 Å². The Kier molecular flexibility index (Phi) is 4.78. The van der Waals surface area contributed by atoms with Crippen molar-refractivity contribution in [3.05, 3.63) is 0 Å². The highest BCUT2D eigenvalue weighted by Crippen LogP contribution is 1.92. The van der Waals surface area contributed by atoms with Gasteiger partial charge in [-0.3, -0.25) is 4.79 Å². The normalized spacial score (nSPS) is 16.7. The molecule has 1 aliphatic rings. The molecule has 13 heavy (non-hydrogen) atoms. The lowest BCUT2D eigenvalue weighted by atomic mass is 10.2. The molecule has 0 aromatic rings. The van der Waals surface area contributed by atoms with Crippen LogP contribution in [0, 0.1) is 0 Å². The van der Waals surface area contributed by atoms with Gasteiger partial charge in [0.2, 0.25) is 5.91 Å². The van der Waals surface area contributed by atoms with Gasteiger partial charge in [0.25, 0.3) is 0 Å². The molecule has 2 N–H and O–H groups in total. The van der Waals surface area contributed by atoms with Gasteiger partial charge in [0.1, 0.15) is 0 Å². The van der Waals surface area contributed by atoms with E-state index >= 15 is 0 Å². The second-order valence-electron chi connectivity index (χ2n) is 3.29. The predicted octanol–water partition coefficient (Wildman–Crippen LogP) is -0.109. The molecule has 0 atom stereocenters. The van der Waals surface area contributed by atoms with E-state index in [4.69, 9.17) is 4.74 Å². The summed E-state index contributed by atoms with van der Waals surface area (Å²) in [5.74, 6) is 0.0996. The fraction of sp³-hybridized carbons (Fsp3) is 0.889. The van der Waals surface area contributed by atoms with Gasteiger partial charge < -0.3 is 15.4 Å². The van der Waals surface area contributed by atoms with Gasteiger partial charge in [-0.15, -0.1) is 0 Å². The van der Waals surface area contributed by atoms with Crippen molar-refractivity contribution >= 4 is 5.91 Å². The zero-order chi connectivity index (χ0) is 9.52. The van der Waals surface area contributed by atoms with E-state index in [1.165, 1.54) is 0 Å². The summed E-state index contributed by atoms with van der Waals surface area (Å²) in [4.78, 5) is 11.2. The van der Waals surface area contributed by atoms with Crippen LogP contribution in [0.25, 0.3) is 0 Å². The monoisotopic (exact) mass is 186 g/mol. The van der Waals surface area contributed by atoms with Crippen molar-refractivity contribution in [1.29, 1.82) is 0 Å². The highest BCUT2D eigenvalue weighted by atomic mass is 16.5. The molecule has 4 heteroatoms. The molecule has 1 heterocycles. The fourth-order valence-electron chi connectivity index (χ4n) is 1.10. The van der Waals surface area contributed by atoms with Gasteiger partial charge in [-0.1, -0.05) is 6.92 Å². The van der Waals surface area contributed by atoms with Crippen molar-refractivity contribution in [3.63, 3.8) is 0 Å². The zero-order valence-electron chi connectivity index (χ0n) is 8.14. The minimum absolute atomic E-state index is 0.0996. The van der Waals surface area contributed by atoms with Crippen LogP contribution in [0.15, 0.2) is 0 Å². The largest absolute Gasteiger partial charge is 0.381 e. The van der Waals surface area contributed by atoms with Crippen LogP contribution >= 0.6 is 0 Å². The number of rotatable bonds is 6. The molecule has 0 spiro atoms. The number of nitrogens with one attached hydrogen (secondary N) is 2. The summed E-state index contributed by atoms with van der Waals surface area (Å²) in [5.41, 5.74) is 0. The molecule has 4 nitrogen and oxygen atoms in total. The van der Waals surface area contributed by atoms with Crippen molar-refractivity contribution in [2.75, 3.05) is 26.3 Å². The van der Waals surface area contributed by atoms with E-state index in [1.54, 1.807) is 0 Å². The van der Waals surface area contributed by atoms with Crippen molar-refractivity contribution in [2.45, 2.75) is 25.8 Å². The first-order valence-corrected chi connectivity index (χ1v) is 4.90. The fourth-order valence-corrected chi connectivity index (χ4v) is 1.10. The molecule has 0 aromatic carbocycles. The summed E-state index contributed by atoms with van der Waals surface area (Å²) >= 11 is 0. The molecule has 1 amide bonds. The summed E-state index contributed by atoms with van der Waals surface area (Å²) in [6.45, 7) is 5.15. The average Bonchev–Trinajstić information content (AvgIpc) is 2.06. The smallest absolute Gasteiger partial charge is 0.222 e. The van der Waals surface area contributed by atoms with E-state index in [0.717, 1.165) is 26.1 Å². The van der Waals surface area contributed by atoms with Gasteiger partial charge >= 0.3 is 0 Å². The highest BCUT2D eigenvalue weighted by molar-refractivity contribution is 5.76. The molecule has 76 valence electrons. The Balaban J connectivity index is 1.91. The maximum atomic E-state index is 11.2. The molecule has 0 unspecified atom stereocenters. The summed E-state index contributed by atoms with van der Waals surface area (Å²) < 4.78 is 5.21. The van der Waals surface area contributed by atoms with Crippen LogP contribution in [-0.2, 0) is 9.53 Å². The number of carbonyl (C=O) groups is 1. The number of hydrogen-bond acceptors (Lipinski definition) is 3. The van der Waals surface area contributed by atoms with E-state index in [1.807, 2.05) is 0 Å². The van der Waals surface area contributed by atoms with E-state index in [9.17, 15) is 4.79 Å². The van der Waals surface area contributed by atoms with Crippen molar-refractivity contribution in [1.82, 2.24) is 10.6 Å². The molecular weight excluding hydrogens is 168 g/mol. The van der Waals surface area contributed by atoms with Crippen LogP contribution in [0.1, 0.15) is 19.8 Å². The molecule has 0 aromatic heterocycles. The van der Waals surface area contributed by atoms with Crippen LogP contribution in [0.2, 0.25) is 0 Å². The van der Waals surface area contributed by atoms with E-state index < -0.39 is 0 Å². The molecule has 0 radical (unpaired) electrons. The van der Waals surface area contributed by atoms with Gasteiger partial charge in [-0.05, 0) is 6.42 Å². The topological polar surface area (TPSA) is 50.4 Å². The van der Waals surface area contributed by atoms with Gasteiger partial charge in [0.05, 0.1) is 12.6 Å². The first-order chi connectivity index (χ1) is 6.33. The number of ether oxygens (including phenoxy) is 1. The molecule has 1 fully saturated rings. The molecule has 0 aliphatic carbocycles. The van der Waals surface area contributed by atoms with Crippen LogP contribution in [0.5, 0.6) is 0 Å². The van der Waals surface area contributed by atoms with Crippen LogP contribution in [0.4, 0.5) is 0 Å². The van der Waals surface area contributed by atoms with E-state index in [0.29, 0.717) is 19.1 Å². The summed E-state index contributed by atoms with van der Waals surface area (Å²) in [7, 11) is 0. The minimum atomic E-state index is 0.0996. The predicted molar refractivity (Wildman–Crippen MR) is 50.5 cm³/mol. The van der Waals surface area contributed by atoms with Gasteiger partial charge in [0.15, 0.2) is 0 Å². The molecule has 0 saturated carbocycles.